The lowest BCUT2D eigenvalue weighted by atomic mass is 9.98. The Morgan fingerprint density at radius 2 is 1.71 bits per heavy atom. The summed E-state index contributed by atoms with van der Waals surface area (Å²) in [5.74, 6) is 0.149. The molecule has 0 fully saturated rings. The molecular weight excluding hydrogens is 365 g/mol. The minimum atomic E-state index is 0.149. The van der Waals surface area contributed by atoms with Crippen molar-refractivity contribution in [2.45, 2.75) is 0 Å². The number of hydrogen-bond acceptors (Lipinski definition) is 3. The Morgan fingerprint density at radius 3 is 2.38 bits per heavy atom. The highest BCUT2D eigenvalue weighted by Crippen LogP contribution is 2.34. The molecule has 1 heterocycles. The van der Waals surface area contributed by atoms with Crippen LogP contribution in [0.15, 0.2) is 48.5 Å². The Balaban J connectivity index is 2.24. The Hall–Kier alpha value is -2.25. The van der Waals surface area contributed by atoms with Crippen molar-refractivity contribution in [1.82, 2.24) is 4.98 Å². The number of anilines is 1. The third kappa shape index (κ3) is 3.18. The molecular formula is C18H10Cl3N3. The number of halogens is 3. The van der Waals surface area contributed by atoms with Gasteiger partial charge in [-0.3, -0.25) is 0 Å². The lowest BCUT2D eigenvalue weighted by Crippen LogP contribution is -1.99. The molecule has 0 aliphatic carbocycles. The summed E-state index contributed by atoms with van der Waals surface area (Å²) in [6, 6.07) is 16.3. The first-order chi connectivity index (χ1) is 11.5. The van der Waals surface area contributed by atoms with Crippen LogP contribution in [0.5, 0.6) is 0 Å². The summed E-state index contributed by atoms with van der Waals surface area (Å²) in [6.45, 7) is 0. The van der Waals surface area contributed by atoms with Gasteiger partial charge in [-0.15, -0.1) is 0 Å². The topological polar surface area (TPSA) is 62.7 Å². The van der Waals surface area contributed by atoms with E-state index < -0.39 is 0 Å². The van der Waals surface area contributed by atoms with Crippen LogP contribution in [0.4, 0.5) is 5.82 Å². The fourth-order valence-electron chi connectivity index (χ4n) is 2.37. The van der Waals surface area contributed by atoms with Gasteiger partial charge in [-0.25, -0.2) is 4.98 Å². The minimum Gasteiger partial charge on any atom is -0.383 e. The Morgan fingerprint density at radius 1 is 0.917 bits per heavy atom. The molecule has 6 heteroatoms. The third-order valence-electron chi connectivity index (χ3n) is 3.51. The molecule has 1 aromatic heterocycles. The highest BCUT2D eigenvalue weighted by Gasteiger charge is 2.14. The molecule has 3 nitrogen and oxygen atoms in total. The van der Waals surface area contributed by atoms with Crippen LogP contribution in [0, 0.1) is 11.3 Å². The van der Waals surface area contributed by atoms with E-state index in [2.05, 4.69) is 11.1 Å². The molecule has 0 amide bonds. The van der Waals surface area contributed by atoms with Gasteiger partial charge in [0.25, 0.3) is 0 Å². The highest BCUT2D eigenvalue weighted by molar-refractivity contribution is 6.42. The number of nitrogens with two attached hydrogens (primary N) is 1. The second-order valence-corrected chi connectivity index (χ2v) is 6.32. The summed E-state index contributed by atoms with van der Waals surface area (Å²) in [7, 11) is 0. The van der Waals surface area contributed by atoms with Crippen molar-refractivity contribution >= 4 is 40.6 Å². The van der Waals surface area contributed by atoms with E-state index in [-0.39, 0.29) is 5.82 Å². The van der Waals surface area contributed by atoms with Gasteiger partial charge in [0.1, 0.15) is 17.5 Å². The van der Waals surface area contributed by atoms with Crippen LogP contribution >= 0.6 is 34.8 Å². The molecule has 2 aromatic carbocycles. The number of rotatable bonds is 2. The lowest BCUT2D eigenvalue weighted by molar-refractivity contribution is 1.31. The normalized spacial score (nSPS) is 10.4. The lowest BCUT2D eigenvalue weighted by Gasteiger charge is -2.11. The molecule has 3 aromatic rings. The third-order valence-corrected chi connectivity index (χ3v) is 4.48. The van der Waals surface area contributed by atoms with Crippen LogP contribution in [0.2, 0.25) is 15.1 Å². The number of nitrogens with zero attached hydrogens (tertiary/aromatic N) is 2. The summed E-state index contributed by atoms with van der Waals surface area (Å²) >= 11 is 18.1. The largest absolute Gasteiger partial charge is 0.383 e. The average molecular weight is 375 g/mol. The van der Waals surface area contributed by atoms with Crippen molar-refractivity contribution in [3.05, 3.63) is 69.2 Å². The van der Waals surface area contributed by atoms with Crippen LogP contribution in [-0.4, -0.2) is 4.98 Å². The van der Waals surface area contributed by atoms with Crippen LogP contribution in [0.3, 0.4) is 0 Å². The van der Waals surface area contributed by atoms with Crippen LogP contribution in [0.1, 0.15) is 5.56 Å². The van der Waals surface area contributed by atoms with Gasteiger partial charge in [0.2, 0.25) is 0 Å². The maximum atomic E-state index is 9.43. The van der Waals surface area contributed by atoms with Gasteiger partial charge in [-0.2, -0.15) is 5.26 Å². The number of hydrogen-bond donors (Lipinski definition) is 1. The molecule has 0 radical (unpaired) electrons. The van der Waals surface area contributed by atoms with E-state index in [0.717, 1.165) is 11.1 Å². The van der Waals surface area contributed by atoms with E-state index in [9.17, 15) is 5.26 Å². The summed E-state index contributed by atoms with van der Waals surface area (Å²) < 4.78 is 0. The van der Waals surface area contributed by atoms with Gasteiger partial charge < -0.3 is 5.73 Å². The van der Waals surface area contributed by atoms with Crippen LogP contribution < -0.4 is 5.73 Å². The molecule has 3 rings (SSSR count). The zero-order valence-corrected chi connectivity index (χ0v) is 14.5. The summed E-state index contributed by atoms with van der Waals surface area (Å²) in [4.78, 5) is 4.31. The first kappa shape index (κ1) is 16.6. The van der Waals surface area contributed by atoms with Crippen molar-refractivity contribution in [1.29, 1.82) is 5.26 Å². The molecule has 0 bridgehead atoms. The van der Waals surface area contributed by atoms with Gasteiger partial charge >= 0.3 is 0 Å². The molecule has 0 saturated carbocycles. The van der Waals surface area contributed by atoms with E-state index in [1.54, 1.807) is 36.4 Å². The van der Waals surface area contributed by atoms with Crippen molar-refractivity contribution < 1.29 is 0 Å². The predicted octanol–water partition coefficient (Wildman–Crippen LogP) is 5.83. The quantitative estimate of drug-likeness (QED) is 0.614. The van der Waals surface area contributed by atoms with Gasteiger partial charge in [0.05, 0.1) is 15.7 Å². The fourth-order valence-corrected chi connectivity index (χ4v) is 2.86. The number of pyridine rings is 1. The monoisotopic (exact) mass is 373 g/mol. The second-order valence-electron chi connectivity index (χ2n) is 5.07. The number of nitrogen functional groups attached to an aromatic ring is 1. The molecule has 2 N–H and O–H groups in total. The first-order valence-corrected chi connectivity index (χ1v) is 8.05. The first-order valence-electron chi connectivity index (χ1n) is 6.91. The Bertz CT molecular complexity index is 978. The zero-order chi connectivity index (χ0) is 17.3. The predicted molar refractivity (Wildman–Crippen MR) is 99.3 cm³/mol. The summed E-state index contributed by atoms with van der Waals surface area (Å²) in [5, 5.41) is 10.9. The molecule has 0 aliphatic rings. The van der Waals surface area contributed by atoms with E-state index in [4.69, 9.17) is 40.5 Å². The van der Waals surface area contributed by atoms with Gasteiger partial charge in [-0.1, -0.05) is 53.0 Å². The van der Waals surface area contributed by atoms with Crippen LogP contribution in [-0.2, 0) is 0 Å². The minimum absolute atomic E-state index is 0.149. The molecule has 0 unspecified atom stereocenters. The summed E-state index contributed by atoms with van der Waals surface area (Å²) in [5.41, 5.74) is 9.09. The van der Waals surface area contributed by atoms with Crippen molar-refractivity contribution in [2.75, 3.05) is 5.73 Å². The van der Waals surface area contributed by atoms with Gasteiger partial charge in [-0.05, 0) is 35.9 Å². The highest BCUT2D eigenvalue weighted by atomic mass is 35.5. The smallest absolute Gasteiger partial charge is 0.142 e. The van der Waals surface area contributed by atoms with E-state index >= 15 is 0 Å². The standard InChI is InChI=1S/C18H10Cl3N3/c19-12-3-1-2-10(6-12)13-8-17(24-18(23)14(13)9-22)11-4-5-15(20)16(21)7-11/h1-8H,(H2,23,24). The Kier molecular flexibility index (Phi) is 4.64. The maximum Gasteiger partial charge on any atom is 0.142 e. The van der Waals surface area contributed by atoms with Gasteiger partial charge in [0, 0.05) is 16.1 Å². The van der Waals surface area contributed by atoms with Crippen molar-refractivity contribution in [3.8, 4) is 28.5 Å². The molecule has 0 spiro atoms. The molecule has 0 atom stereocenters. The SMILES string of the molecule is N#Cc1c(-c2cccc(Cl)c2)cc(-c2ccc(Cl)c(Cl)c2)nc1N. The van der Waals surface area contributed by atoms with Gasteiger partial charge in [0.15, 0.2) is 0 Å². The zero-order valence-electron chi connectivity index (χ0n) is 12.2. The van der Waals surface area contributed by atoms with Crippen molar-refractivity contribution in [2.24, 2.45) is 0 Å². The summed E-state index contributed by atoms with van der Waals surface area (Å²) in [6.07, 6.45) is 0. The molecule has 24 heavy (non-hydrogen) atoms. The number of benzene rings is 2. The molecule has 118 valence electrons. The van der Waals surface area contributed by atoms with Crippen molar-refractivity contribution in [3.63, 3.8) is 0 Å². The Labute approximate surface area is 154 Å². The number of aromatic nitrogens is 1. The fraction of sp³-hybridized carbons (Fsp3) is 0. The van der Waals surface area contributed by atoms with E-state index in [1.165, 1.54) is 0 Å². The molecule has 0 aliphatic heterocycles. The van der Waals surface area contributed by atoms with Crippen LogP contribution in [0.25, 0.3) is 22.4 Å². The molecule has 0 saturated heterocycles. The van der Waals surface area contributed by atoms with E-state index in [1.807, 2.05) is 12.1 Å². The second kappa shape index (κ2) is 6.70. The average Bonchev–Trinajstić information content (AvgIpc) is 2.56. The maximum absolute atomic E-state index is 9.43. The van der Waals surface area contributed by atoms with E-state index in [0.29, 0.717) is 31.9 Å². The number of nitriles is 1.